The van der Waals surface area contributed by atoms with Gasteiger partial charge in [-0.15, -0.1) is 0 Å². The van der Waals surface area contributed by atoms with Crippen LogP contribution in [0.25, 0.3) is 21.8 Å². The molecule has 0 aliphatic heterocycles. The van der Waals surface area contributed by atoms with Crippen LogP contribution in [0.1, 0.15) is 0 Å². The highest BCUT2D eigenvalue weighted by Crippen LogP contribution is 2.38. The van der Waals surface area contributed by atoms with E-state index in [1.165, 1.54) is 0 Å². The summed E-state index contributed by atoms with van der Waals surface area (Å²) in [5.41, 5.74) is 14.9. The number of benzene rings is 4. The number of aromatic nitrogens is 2. The summed E-state index contributed by atoms with van der Waals surface area (Å²) in [6, 6.07) is 28.1. The Balaban J connectivity index is 1.63. The summed E-state index contributed by atoms with van der Waals surface area (Å²) in [5.74, 6) is 0. The molecule has 0 saturated carbocycles. The van der Waals surface area contributed by atoms with Gasteiger partial charge in [-0.2, -0.15) is 0 Å². The van der Waals surface area contributed by atoms with Crippen LogP contribution in [0.5, 0.6) is 0 Å². The van der Waals surface area contributed by atoms with Crippen LogP contribution in [0.3, 0.4) is 0 Å². The van der Waals surface area contributed by atoms with E-state index in [4.69, 9.17) is 21.4 Å². The number of rotatable bonds is 4. The highest BCUT2D eigenvalue weighted by atomic mass is 32.2. The van der Waals surface area contributed by atoms with Gasteiger partial charge in [-0.25, -0.2) is 9.97 Å². The van der Waals surface area contributed by atoms with Gasteiger partial charge in [-0.3, -0.25) is 0 Å². The van der Waals surface area contributed by atoms with E-state index < -0.39 is 0 Å². The molecule has 0 aliphatic carbocycles. The number of anilines is 2. The van der Waals surface area contributed by atoms with E-state index in [0.717, 1.165) is 53.0 Å². The SMILES string of the molecule is Nc1ccc(Sc2nc3cc4ccccc4cc3nc2Sc2ccc(N)cc2)cc1. The molecule has 0 saturated heterocycles. The minimum absolute atomic E-state index is 0.742. The predicted molar refractivity (Wildman–Crippen MR) is 127 cm³/mol. The third-order valence-electron chi connectivity index (χ3n) is 4.66. The zero-order chi connectivity index (χ0) is 20.5. The van der Waals surface area contributed by atoms with Crippen molar-refractivity contribution >= 4 is 56.7 Å². The normalized spacial score (nSPS) is 11.2. The third kappa shape index (κ3) is 3.92. The summed E-state index contributed by atoms with van der Waals surface area (Å²) >= 11 is 3.18. The summed E-state index contributed by atoms with van der Waals surface area (Å²) < 4.78 is 0. The fraction of sp³-hybridized carbons (Fsp3) is 0. The van der Waals surface area contributed by atoms with Crippen LogP contribution >= 0.6 is 23.5 Å². The van der Waals surface area contributed by atoms with Crippen molar-refractivity contribution in [1.29, 1.82) is 0 Å². The van der Waals surface area contributed by atoms with Crippen LogP contribution in [0.2, 0.25) is 0 Å². The Morgan fingerprint density at radius 1 is 0.533 bits per heavy atom. The lowest BCUT2D eigenvalue weighted by atomic mass is 10.1. The first-order valence-corrected chi connectivity index (χ1v) is 11.0. The summed E-state index contributed by atoms with van der Waals surface area (Å²) in [4.78, 5) is 12.1. The van der Waals surface area contributed by atoms with Crippen molar-refractivity contribution in [3.8, 4) is 0 Å². The molecule has 1 aromatic heterocycles. The van der Waals surface area contributed by atoms with Gasteiger partial charge in [0.15, 0.2) is 0 Å². The molecule has 6 heteroatoms. The number of nitrogens with two attached hydrogens (primary N) is 2. The van der Waals surface area contributed by atoms with Crippen LogP contribution in [0.4, 0.5) is 11.4 Å². The lowest BCUT2D eigenvalue weighted by Crippen LogP contribution is -1.93. The van der Waals surface area contributed by atoms with Crippen LogP contribution in [0, 0.1) is 0 Å². The molecule has 0 unspecified atom stereocenters. The highest BCUT2D eigenvalue weighted by molar-refractivity contribution is 8.02. The van der Waals surface area contributed by atoms with Crippen molar-refractivity contribution in [2.75, 3.05) is 11.5 Å². The maximum absolute atomic E-state index is 5.84. The standard InChI is InChI=1S/C24H18N4S2/c25-17-5-9-19(10-6-17)29-23-24(30-20-11-7-18(26)8-12-20)28-22-14-16-4-2-1-3-15(16)13-21(22)27-23/h1-14H,25-26H2. The van der Waals surface area contributed by atoms with Crippen molar-refractivity contribution in [3.63, 3.8) is 0 Å². The number of nitrogens with zero attached hydrogens (tertiary/aromatic N) is 2. The van der Waals surface area contributed by atoms with Crippen LogP contribution in [-0.2, 0) is 0 Å². The molecule has 0 radical (unpaired) electrons. The first kappa shape index (κ1) is 18.8. The lowest BCUT2D eigenvalue weighted by molar-refractivity contribution is 0.969. The van der Waals surface area contributed by atoms with Gasteiger partial charge in [0.05, 0.1) is 11.0 Å². The van der Waals surface area contributed by atoms with E-state index in [-0.39, 0.29) is 0 Å². The van der Waals surface area contributed by atoms with E-state index in [1.54, 1.807) is 23.5 Å². The molecule has 0 aliphatic rings. The second-order valence-corrected chi connectivity index (χ2v) is 8.99. The molecule has 5 aromatic rings. The summed E-state index contributed by atoms with van der Waals surface area (Å²) in [6.45, 7) is 0. The largest absolute Gasteiger partial charge is 0.399 e. The Bertz CT molecular complexity index is 1240. The van der Waals surface area contributed by atoms with Crippen molar-refractivity contribution in [3.05, 3.63) is 84.9 Å². The van der Waals surface area contributed by atoms with E-state index in [0.29, 0.717) is 0 Å². The Morgan fingerprint density at radius 2 is 0.933 bits per heavy atom. The molecule has 4 aromatic carbocycles. The van der Waals surface area contributed by atoms with Gasteiger partial charge in [0.2, 0.25) is 0 Å². The fourth-order valence-electron chi connectivity index (χ4n) is 3.14. The molecule has 146 valence electrons. The molecule has 30 heavy (non-hydrogen) atoms. The number of hydrogen-bond donors (Lipinski definition) is 2. The van der Waals surface area contributed by atoms with Gasteiger partial charge >= 0.3 is 0 Å². The van der Waals surface area contributed by atoms with Gasteiger partial charge < -0.3 is 11.5 Å². The van der Waals surface area contributed by atoms with Crippen molar-refractivity contribution < 1.29 is 0 Å². The Kier molecular flexibility index (Phi) is 4.94. The lowest BCUT2D eigenvalue weighted by Gasteiger charge is -2.10. The first-order chi connectivity index (χ1) is 14.6. The van der Waals surface area contributed by atoms with Gasteiger partial charge in [-0.1, -0.05) is 47.8 Å². The second-order valence-electron chi connectivity index (χ2n) is 6.86. The molecule has 4 nitrogen and oxygen atoms in total. The van der Waals surface area contributed by atoms with E-state index in [2.05, 4.69) is 24.3 Å². The minimum atomic E-state index is 0.742. The number of fused-ring (bicyclic) bond motifs is 2. The molecule has 0 fully saturated rings. The van der Waals surface area contributed by atoms with Gasteiger partial charge in [0.1, 0.15) is 10.1 Å². The summed E-state index contributed by atoms with van der Waals surface area (Å²) in [7, 11) is 0. The monoisotopic (exact) mass is 426 g/mol. The third-order valence-corrected chi connectivity index (χ3v) is 6.76. The Morgan fingerprint density at radius 3 is 1.33 bits per heavy atom. The highest BCUT2D eigenvalue weighted by Gasteiger charge is 2.13. The number of hydrogen-bond acceptors (Lipinski definition) is 6. The van der Waals surface area contributed by atoms with Gasteiger partial charge in [0, 0.05) is 21.2 Å². The smallest absolute Gasteiger partial charge is 0.134 e. The zero-order valence-corrected chi connectivity index (χ0v) is 17.6. The maximum atomic E-state index is 5.84. The molecule has 0 atom stereocenters. The topological polar surface area (TPSA) is 77.8 Å². The van der Waals surface area contributed by atoms with E-state index in [9.17, 15) is 0 Å². The maximum Gasteiger partial charge on any atom is 0.134 e. The second kappa shape index (κ2) is 7.89. The van der Waals surface area contributed by atoms with Gasteiger partial charge in [0.25, 0.3) is 0 Å². The minimum Gasteiger partial charge on any atom is -0.399 e. The van der Waals surface area contributed by atoms with Crippen LogP contribution < -0.4 is 11.5 Å². The average Bonchev–Trinajstić information content (AvgIpc) is 2.76. The van der Waals surface area contributed by atoms with Crippen LogP contribution in [-0.4, -0.2) is 9.97 Å². The molecule has 1 heterocycles. The zero-order valence-electron chi connectivity index (χ0n) is 15.9. The van der Waals surface area contributed by atoms with E-state index >= 15 is 0 Å². The summed E-state index contributed by atoms with van der Waals surface area (Å²) in [5, 5.41) is 4.04. The summed E-state index contributed by atoms with van der Waals surface area (Å²) in [6.07, 6.45) is 0. The van der Waals surface area contributed by atoms with Crippen molar-refractivity contribution in [2.24, 2.45) is 0 Å². The molecule has 0 spiro atoms. The van der Waals surface area contributed by atoms with Crippen molar-refractivity contribution in [2.45, 2.75) is 19.8 Å². The van der Waals surface area contributed by atoms with Gasteiger partial charge in [-0.05, 0) is 71.4 Å². The molecule has 0 bridgehead atoms. The predicted octanol–water partition coefficient (Wildman–Crippen LogP) is 6.25. The quantitative estimate of drug-likeness (QED) is 0.261. The molecular weight excluding hydrogens is 408 g/mol. The molecular formula is C24H18N4S2. The molecule has 4 N–H and O–H groups in total. The van der Waals surface area contributed by atoms with Crippen molar-refractivity contribution in [1.82, 2.24) is 9.97 Å². The van der Waals surface area contributed by atoms with E-state index in [1.807, 2.05) is 60.7 Å². The Labute approximate surface area is 182 Å². The first-order valence-electron chi connectivity index (χ1n) is 9.41. The average molecular weight is 427 g/mol. The molecule has 0 amide bonds. The fourth-order valence-corrected chi connectivity index (χ4v) is 4.93. The Hall–Kier alpha value is -3.22. The number of nitrogen functional groups attached to an aromatic ring is 2. The molecule has 5 rings (SSSR count). The van der Waals surface area contributed by atoms with Crippen LogP contribution in [0.15, 0.2) is 105 Å².